The summed E-state index contributed by atoms with van der Waals surface area (Å²) in [5, 5.41) is 10.9. The average molecular weight is 394 g/mol. The number of ketones is 1. The van der Waals surface area contributed by atoms with Crippen LogP contribution in [-0.2, 0) is 16.0 Å². The van der Waals surface area contributed by atoms with Crippen LogP contribution in [0.25, 0.3) is 0 Å². The number of aryl methyl sites for hydroxylation is 1. The summed E-state index contributed by atoms with van der Waals surface area (Å²) >= 11 is 5.80. The Balaban J connectivity index is 1.62. The minimum atomic E-state index is -2.08. The number of carbonyl (C=O) groups excluding carboxylic acids is 2. The molecule has 7 heteroatoms. The third kappa shape index (κ3) is 4.17. The second-order valence-corrected chi connectivity index (χ2v) is 7.03. The molecule has 0 aliphatic carbocycles. The molecule has 1 atom stereocenters. The highest BCUT2D eigenvalue weighted by Gasteiger charge is 2.50. The summed E-state index contributed by atoms with van der Waals surface area (Å²) in [7, 11) is 0. The van der Waals surface area contributed by atoms with Crippen molar-refractivity contribution in [2.75, 3.05) is 11.4 Å². The Hall–Kier alpha value is -2.31. The van der Waals surface area contributed by atoms with E-state index in [-0.39, 0.29) is 24.4 Å². The molecule has 1 heterocycles. The zero-order valence-corrected chi connectivity index (χ0v) is 15.2. The largest absolute Gasteiger partial charge is 0.373 e. The van der Waals surface area contributed by atoms with Crippen molar-refractivity contribution in [2.24, 2.45) is 0 Å². The van der Waals surface area contributed by atoms with E-state index in [1.165, 1.54) is 41.3 Å². The Labute approximate surface area is 160 Å². The van der Waals surface area contributed by atoms with Crippen molar-refractivity contribution in [1.29, 1.82) is 0 Å². The van der Waals surface area contributed by atoms with E-state index in [0.29, 0.717) is 24.1 Å². The monoisotopic (exact) mass is 393 g/mol. The van der Waals surface area contributed by atoms with Crippen LogP contribution in [-0.4, -0.2) is 28.9 Å². The molecular formula is C20H18ClF2NO3. The lowest BCUT2D eigenvalue weighted by atomic mass is 9.92. The summed E-state index contributed by atoms with van der Waals surface area (Å²) in [6.07, 6.45) is 0.710. The van der Waals surface area contributed by atoms with Gasteiger partial charge >= 0.3 is 0 Å². The highest BCUT2D eigenvalue weighted by atomic mass is 35.5. The fourth-order valence-corrected chi connectivity index (χ4v) is 3.49. The fourth-order valence-electron chi connectivity index (χ4n) is 3.25. The molecule has 1 aliphatic heterocycles. The minimum Gasteiger partial charge on any atom is -0.373 e. The summed E-state index contributed by atoms with van der Waals surface area (Å²) in [4.78, 5) is 26.3. The maximum atomic E-state index is 13.3. The van der Waals surface area contributed by atoms with Gasteiger partial charge in [0, 0.05) is 30.1 Å². The Morgan fingerprint density at radius 3 is 2.52 bits per heavy atom. The van der Waals surface area contributed by atoms with Crippen LogP contribution in [0.1, 0.15) is 24.8 Å². The van der Waals surface area contributed by atoms with Gasteiger partial charge in [0.15, 0.2) is 5.78 Å². The van der Waals surface area contributed by atoms with Crippen LogP contribution in [0.3, 0.4) is 0 Å². The molecule has 0 bridgehead atoms. The standard InChI is InChI=1S/C20H18ClF2NO3/c21-14-10-13(11-16(23)12-14)2-1-3-18(25)20(27)8-9-24(19(20)26)17-6-4-15(22)5-7-17/h4-7,10-12,27H,1-3,8-9H2/t20-/m0/s1. The molecule has 0 aromatic heterocycles. The summed E-state index contributed by atoms with van der Waals surface area (Å²) in [5.74, 6) is -2.16. The lowest BCUT2D eigenvalue weighted by Gasteiger charge is -2.21. The Bertz CT molecular complexity index is 852. The highest BCUT2D eigenvalue weighted by Crippen LogP contribution is 2.30. The van der Waals surface area contributed by atoms with Crippen molar-refractivity contribution in [3.05, 3.63) is 64.7 Å². The molecule has 2 aromatic rings. The third-order valence-corrected chi connectivity index (χ3v) is 4.91. The van der Waals surface area contributed by atoms with Gasteiger partial charge < -0.3 is 10.0 Å². The van der Waals surface area contributed by atoms with Crippen LogP contribution in [0.2, 0.25) is 5.02 Å². The molecule has 2 aromatic carbocycles. The molecule has 1 aliphatic rings. The first-order chi connectivity index (χ1) is 12.8. The van der Waals surface area contributed by atoms with E-state index in [2.05, 4.69) is 0 Å². The zero-order chi connectivity index (χ0) is 19.6. The molecule has 1 amide bonds. The molecule has 0 unspecified atom stereocenters. The molecule has 142 valence electrons. The third-order valence-electron chi connectivity index (χ3n) is 4.69. The van der Waals surface area contributed by atoms with Crippen LogP contribution in [0.4, 0.5) is 14.5 Å². The number of hydrogen-bond donors (Lipinski definition) is 1. The molecule has 0 radical (unpaired) electrons. The van der Waals surface area contributed by atoms with Crippen molar-refractivity contribution in [3.8, 4) is 0 Å². The number of benzene rings is 2. The van der Waals surface area contributed by atoms with E-state index >= 15 is 0 Å². The van der Waals surface area contributed by atoms with E-state index < -0.39 is 28.9 Å². The van der Waals surface area contributed by atoms with Gasteiger partial charge in [0.2, 0.25) is 5.60 Å². The molecule has 4 nitrogen and oxygen atoms in total. The van der Waals surface area contributed by atoms with Crippen molar-refractivity contribution in [3.63, 3.8) is 0 Å². The first kappa shape index (κ1) is 19.5. The van der Waals surface area contributed by atoms with Crippen LogP contribution >= 0.6 is 11.6 Å². The van der Waals surface area contributed by atoms with Gasteiger partial charge in [0.1, 0.15) is 11.6 Å². The topological polar surface area (TPSA) is 57.6 Å². The predicted molar refractivity (Wildman–Crippen MR) is 97.7 cm³/mol. The summed E-state index contributed by atoms with van der Waals surface area (Å²) < 4.78 is 26.4. The predicted octanol–water partition coefficient (Wildman–Crippen LogP) is 3.68. The highest BCUT2D eigenvalue weighted by molar-refractivity contribution is 6.30. The minimum absolute atomic E-state index is 0.0200. The molecule has 0 saturated carbocycles. The number of rotatable bonds is 6. The van der Waals surface area contributed by atoms with E-state index in [9.17, 15) is 23.5 Å². The summed E-state index contributed by atoms with van der Waals surface area (Å²) in [6, 6.07) is 9.43. The van der Waals surface area contributed by atoms with Crippen LogP contribution in [0.5, 0.6) is 0 Å². The molecule has 1 fully saturated rings. The van der Waals surface area contributed by atoms with Crippen molar-refractivity contribution < 1.29 is 23.5 Å². The molecular weight excluding hydrogens is 376 g/mol. The lowest BCUT2D eigenvalue weighted by Crippen LogP contribution is -2.46. The Kier molecular flexibility index (Phi) is 5.58. The number of carbonyl (C=O) groups is 2. The fraction of sp³-hybridized carbons (Fsp3) is 0.300. The first-order valence-corrected chi connectivity index (χ1v) is 8.95. The van der Waals surface area contributed by atoms with Crippen molar-refractivity contribution >= 4 is 29.0 Å². The SMILES string of the molecule is O=C(CCCc1cc(F)cc(Cl)c1)[C@@]1(O)CCN(c2ccc(F)cc2)C1=O. The Morgan fingerprint density at radius 1 is 1.15 bits per heavy atom. The quantitative estimate of drug-likeness (QED) is 0.762. The molecule has 0 spiro atoms. The summed E-state index contributed by atoms with van der Waals surface area (Å²) in [5.41, 5.74) is -1.00. The number of Topliss-reactive ketones (excluding diaryl/α,β-unsaturated/α-hetero) is 1. The van der Waals surface area contributed by atoms with Crippen molar-refractivity contribution in [2.45, 2.75) is 31.3 Å². The second-order valence-electron chi connectivity index (χ2n) is 6.60. The number of amides is 1. The van der Waals surface area contributed by atoms with Gasteiger partial charge in [-0.05, 0) is 60.9 Å². The maximum Gasteiger partial charge on any atom is 0.266 e. The van der Waals surface area contributed by atoms with Gasteiger partial charge in [-0.2, -0.15) is 0 Å². The van der Waals surface area contributed by atoms with E-state index in [1.807, 2.05) is 0 Å². The van der Waals surface area contributed by atoms with Crippen LogP contribution < -0.4 is 4.90 Å². The van der Waals surface area contributed by atoms with Gasteiger partial charge in [-0.25, -0.2) is 8.78 Å². The molecule has 27 heavy (non-hydrogen) atoms. The van der Waals surface area contributed by atoms with E-state index in [4.69, 9.17) is 11.6 Å². The number of nitrogens with zero attached hydrogens (tertiary/aromatic N) is 1. The number of hydrogen-bond acceptors (Lipinski definition) is 3. The maximum absolute atomic E-state index is 13.3. The van der Waals surface area contributed by atoms with E-state index in [0.717, 1.165) is 0 Å². The lowest BCUT2D eigenvalue weighted by molar-refractivity contribution is -0.147. The normalized spacial score (nSPS) is 19.6. The van der Waals surface area contributed by atoms with Crippen LogP contribution in [0, 0.1) is 11.6 Å². The first-order valence-electron chi connectivity index (χ1n) is 8.58. The van der Waals surface area contributed by atoms with Gasteiger partial charge in [-0.1, -0.05) is 11.6 Å². The van der Waals surface area contributed by atoms with Crippen molar-refractivity contribution in [1.82, 2.24) is 0 Å². The molecule has 3 rings (SSSR count). The smallest absolute Gasteiger partial charge is 0.266 e. The van der Waals surface area contributed by atoms with Gasteiger partial charge in [0.05, 0.1) is 0 Å². The molecule has 1 saturated heterocycles. The summed E-state index contributed by atoms with van der Waals surface area (Å²) in [6.45, 7) is 0.173. The van der Waals surface area contributed by atoms with E-state index in [1.54, 1.807) is 6.07 Å². The van der Waals surface area contributed by atoms with Gasteiger partial charge in [-0.15, -0.1) is 0 Å². The number of aliphatic hydroxyl groups is 1. The molecule has 1 N–H and O–H groups in total. The second kappa shape index (κ2) is 7.74. The zero-order valence-electron chi connectivity index (χ0n) is 14.4. The average Bonchev–Trinajstić information content (AvgIpc) is 2.91. The number of anilines is 1. The van der Waals surface area contributed by atoms with Gasteiger partial charge in [0.25, 0.3) is 5.91 Å². The van der Waals surface area contributed by atoms with Gasteiger partial charge in [-0.3, -0.25) is 9.59 Å². The Morgan fingerprint density at radius 2 is 1.85 bits per heavy atom. The number of halogens is 3. The van der Waals surface area contributed by atoms with Crippen LogP contribution in [0.15, 0.2) is 42.5 Å².